The van der Waals surface area contributed by atoms with Crippen molar-refractivity contribution in [1.29, 1.82) is 0 Å². The topological polar surface area (TPSA) is 21.3 Å². The van der Waals surface area contributed by atoms with Gasteiger partial charge in [0, 0.05) is 22.4 Å². The van der Waals surface area contributed by atoms with Crippen LogP contribution in [0.4, 0.5) is 0 Å². The van der Waals surface area contributed by atoms with Crippen molar-refractivity contribution in [2.24, 2.45) is 0 Å². The largest absolute Gasteiger partial charge is 0.496 e. The number of rotatable bonds is 7. The fourth-order valence-corrected chi connectivity index (χ4v) is 2.83. The first-order valence-corrected chi connectivity index (χ1v) is 7.69. The van der Waals surface area contributed by atoms with E-state index in [1.54, 1.807) is 7.11 Å². The van der Waals surface area contributed by atoms with Gasteiger partial charge in [-0.3, -0.25) is 0 Å². The molecule has 0 aromatic heterocycles. The molecule has 1 aromatic rings. The summed E-state index contributed by atoms with van der Waals surface area (Å²) in [5.41, 5.74) is 1.14. The van der Waals surface area contributed by atoms with E-state index in [-0.39, 0.29) is 6.04 Å². The Balaban J connectivity index is 2.92. The maximum absolute atomic E-state index is 6.09. The van der Waals surface area contributed by atoms with E-state index in [1.165, 1.54) is 0 Å². The summed E-state index contributed by atoms with van der Waals surface area (Å²) in [5.74, 6) is 1.91. The van der Waals surface area contributed by atoms with Gasteiger partial charge in [0.2, 0.25) is 0 Å². The van der Waals surface area contributed by atoms with Crippen LogP contribution in [0, 0.1) is 0 Å². The van der Waals surface area contributed by atoms with Crippen LogP contribution in [-0.2, 0) is 0 Å². The summed E-state index contributed by atoms with van der Waals surface area (Å²) in [6.07, 6.45) is 0. The van der Waals surface area contributed by atoms with E-state index < -0.39 is 0 Å². The Labute approximate surface area is 119 Å². The molecule has 0 radical (unpaired) electrons. The molecule has 0 bridgehead atoms. The van der Waals surface area contributed by atoms with Gasteiger partial charge >= 0.3 is 0 Å². The average molecular weight is 288 g/mol. The summed E-state index contributed by atoms with van der Waals surface area (Å²) in [4.78, 5) is 0. The standard InChI is InChI=1S/C14H22ClNOS/c1-5-16-13(9-18-10(2)3)12-8-11(15)6-7-14(12)17-4/h6-8,10,13,16H,5,9H2,1-4H3. The summed E-state index contributed by atoms with van der Waals surface area (Å²) in [5, 5.41) is 4.87. The third kappa shape index (κ3) is 4.71. The second kappa shape index (κ2) is 7.93. The lowest BCUT2D eigenvalue weighted by Crippen LogP contribution is -2.24. The molecule has 1 unspecified atom stereocenters. The monoisotopic (exact) mass is 287 g/mol. The van der Waals surface area contributed by atoms with Crippen molar-refractivity contribution in [3.05, 3.63) is 28.8 Å². The predicted octanol–water partition coefficient (Wildman–Crippen LogP) is 4.14. The molecule has 1 N–H and O–H groups in total. The lowest BCUT2D eigenvalue weighted by molar-refractivity contribution is 0.403. The number of ether oxygens (including phenoxy) is 1. The van der Waals surface area contributed by atoms with Crippen molar-refractivity contribution in [3.8, 4) is 5.75 Å². The lowest BCUT2D eigenvalue weighted by Gasteiger charge is -2.21. The summed E-state index contributed by atoms with van der Waals surface area (Å²) in [6.45, 7) is 7.47. The lowest BCUT2D eigenvalue weighted by atomic mass is 10.1. The van der Waals surface area contributed by atoms with Gasteiger partial charge in [-0.2, -0.15) is 11.8 Å². The van der Waals surface area contributed by atoms with Crippen LogP contribution >= 0.6 is 23.4 Å². The van der Waals surface area contributed by atoms with Gasteiger partial charge in [0.25, 0.3) is 0 Å². The maximum Gasteiger partial charge on any atom is 0.123 e. The first-order chi connectivity index (χ1) is 8.58. The van der Waals surface area contributed by atoms with Crippen LogP contribution in [0.25, 0.3) is 0 Å². The molecule has 18 heavy (non-hydrogen) atoms. The number of halogens is 1. The number of hydrogen-bond donors (Lipinski definition) is 1. The molecular formula is C14H22ClNOS. The number of thioether (sulfide) groups is 1. The fourth-order valence-electron chi connectivity index (χ4n) is 1.77. The Morgan fingerprint density at radius 1 is 1.39 bits per heavy atom. The Kier molecular flexibility index (Phi) is 6.90. The van der Waals surface area contributed by atoms with Crippen molar-refractivity contribution in [1.82, 2.24) is 5.32 Å². The first kappa shape index (κ1) is 15.7. The van der Waals surface area contributed by atoms with Crippen molar-refractivity contribution in [2.75, 3.05) is 19.4 Å². The molecule has 4 heteroatoms. The minimum atomic E-state index is 0.274. The Bertz CT molecular complexity index is 371. The summed E-state index contributed by atoms with van der Waals surface area (Å²) in [7, 11) is 1.70. The van der Waals surface area contributed by atoms with E-state index in [2.05, 4.69) is 26.1 Å². The van der Waals surface area contributed by atoms with Crippen LogP contribution in [0.2, 0.25) is 5.02 Å². The van der Waals surface area contributed by atoms with E-state index in [4.69, 9.17) is 16.3 Å². The predicted molar refractivity (Wildman–Crippen MR) is 82.0 cm³/mol. The highest BCUT2D eigenvalue weighted by Crippen LogP contribution is 2.31. The van der Waals surface area contributed by atoms with Crippen LogP contribution in [0.3, 0.4) is 0 Å². The van der Waals surface area contributed by atoms with Gasteiger partial charge in [0.15, 0.2) is 0 Å². The van der Waals surface area contributed by atoms with Gasteiger partial charge in [-0.1, -0.05) is 32.4 Å². The van der Waals surface area contributed by atoms with Crippen LogP contribution in [0.1, 0.15) is 32.4 Å². The molecule has 0 aliphatic heterocycles. The number of nitrogens with one attached hydrogen (secondary N) is 1. The smallest absolute Gasteiger partial charge is 0.123 e. The van der Waals surface area contributed by atoms with Gasteiger partial charge in [-0.25, -0.2) is 0 Å². The molecule has 102 valence electrons. The zero-order valence-electron chi connectivity index (χ0n) is 11.5. The SMILES string of the molecule is CCNC(CSC(C)C)c1cc(Cl)ccc1OC. The highest BCUT2D eigenvalue weighted by molar-refractivity contribution is 7.99. The van der Waals surface area contributed by atoms with E-state index >= 15 is 0 Å². The molecule has 2 nitrogen and oxygen atoms in total. The van der Waals surface area contributed by atoms with Crippen LogP contribution in [0.15, 0.2) is 18.2 Å². The summed E-state index contributed by atoms with van der Waals surface area (Å²) >= 11 is 8.03. The zero-order valence-corrected chi connectivity index (χ0v) is 13.1. The Morgan fingerprint density at radius 2 is 2.11 bits per heavy atom. The van der Waals surface area contributed by atoms with E-state index in [0.717, 1.165) is 28.6 Å². The van der Waals surface area contributed by atoms with Gasteiger partial charge in [-0.05, 0) is 30.0 Å². The van der Waals surface area contributed by atoms with Crippen LogP contribution in [0.5, 0.6) is 5.75 Å². The first-order valence-electron chi connectivity index (χ1n) is 6.26. The molecule has 0 saturated carbocycles. The second-order valence-electron chi connectivity index (χ2n) is 4.38. The molecular weight excluding hydrogens is 266 g/mol. The van der Waals surface area contributed by atoms with E-state index in [0.29, 0.717) is 5.25 Å². The Hall–Kier alpha value is -0.380. The highest BCUT2D eigenvalue weighted by atomic mass is 35.5. The van der Waals surface area contributed by atoms with E-state index in [9.17, 15) is 0 Å². The molecule has 1 atom stereocenters. The zero-order chi connectivity index (χ0) is 13.5. The Morgan fingerprint density at radius 3 is 2.67 bits per heavy atom. The molecule has 1 aromatic carbocycles. The normalized spacial score (nSPS) is 12.8. The quantitative estimate of drug-likeness (QED) is 0.814. The molecule has 0 aliphatic rings. The van der Waals surface area contributed by atoms with Crippen molar-refractivity contribution < 1.29 is 4.74 Å². The third-order valence-electron chi connectivity index (χ3n) is 2.61. The average Bonchev–Trinajstić information content (AvgIpc) is 2.34. The van der Waals surface area contributed by atoms with Crippen molar-refractivity contribution >= 4 is 23.4 Å². The van der Waals surface area contributed by atoms with Gasteiger partial charge < -0.3 is 10.1 Å². The molecule has 0 spiro atoms. The minimum absolute atomic E-state index is 0.274. The molecule has 0 heterocycles. The van der Waals surface area contributed by atoms with Gasteiger partial charge in [0.1, 0.15) is 5.75 Å². The van der Waals surface area contributed by atoms with Gasteiger partial charge in [-0.15, -0.1) is 0 Å². The highest BCUT2D eigenvalue weighted by Gasteiger charge is 2.16. The molecule has 0 amide bonds. The molecule has 0 fully saturated rings. The molecule has 1 rings (SSSR count). The van der Waals surface area contributed by atoms with E-state index in [1.807, 2.05) is 30.0 Å². The van der Waals surface area contributed by atoms with Crippen LogP contribution in [-0.4, -0.2) is 24.7 Å². The van der Waals surface area contributed by atoms with Crippen molar-refractivity contribution in [3.63, 3.8) is 0 Å². The number of hydrogen-bond acceptors (Lipinski definition) is 3. The summed E-state index contributed by atoms with van der Waals surface area (Å²) < 4.78 is 5.43. The number of methoxy groups -OCH3 is 1. The number of benzene rings is 1. The van der Waals surface area contributed by atoms with Gasteiger partial charge in [0.05, 0.1) is 7.11 Å². The third-order valence-corrected chi connectivity index (χ3v) is 4.04. The second-order valence-corrected chi connectivity index (χ2v) is 6.42. The molecule has 0 saturated heterocycles. The maximum atomic E-state index is 6.09. The minimum Gasteiger partial charge on any atom is -0.496 e. The van der Waals surface area contributed by atoms with Crippen molar-refractivity contribution in [2.45, 2.75) is 32.1 Å². The van der Waals surface area contributed by atoms with Crippen LogP contribution < -0.4 is 10.1 Å². The summed E-state index contributed by atoms with van der Waals surface area (Å²) in [6, 6.07) is 6.06. The fraction of sp³-hybridized carbons (Fsp3) is 0.571. The molecule has 0 aliphatic carbocycles.